The molecule has 0 bridgehead atoms. The van der Waals surface area contributed by atoms with E-state index in [1.165, 1.54) is 23.2 Å². The summed E-state index contributed by atoms with van der Waals surface area (Å²) in [7, 11) is 0. The maximum atomic E-state index is 13.5. The molecule has 2 aliphatic rings. The Balaban J connectivity index is 1.20. The molecule has 1 fully saturated rings. The lowest BCUT2D eigenvalue weighted by atomic mass is 9.85. The fourth-order valence-electron chi connectivity index (χ4n) is 4.87. The van der Waals surface area contributed by atoms with Crippen LogP contribution in [0.25, 0.3) is 11.3 Å². The first-order chi connectivity index (χ1) is 16.5. The van der Waals surface area contributed by atoms with Crippen LogP contribution in [-0.4, -0.2) is 40.2 Å². The van der Waals surface area contributed by atoms with Crippen LogP contribution in [0.4, 0.5) is 4.39 Å². The highest BCUT2D eigenvalue weighted by Gasteiger charge is 2.37. The molecule has 6 nitrogen and oxygen atoms in total. The highest BCUT2D eigenvalue weighted by molar-refractivity contribution is 6.21. The number of carbonyl (C=O) groups is 3. The van der Waals surface area contributed by atoms with E-state index in [4.69, 9.17) is 0 Å². The second kappa shape index (κ2) is 9.17. The second-order valence-electron chi connectivity index (χ2n) is 8.91. The maximum Gasteiger partial charge on any atom is 0.261 e. The highest BCUT2D eigenvalue weighted by Crippen LogP contribution is 2.29. The van der Waals surface area contributed by atoms with Crippen LogP contribution in [0.1, 0.15) is 56.8 Å². The van der Waals surface area contributed by atoms with E-state index in [1.54, 1.807) is 48.5 Å². The smallest absolute Gasteiger partial charge is 0.261 e. The maximum absolute atomic E-state index is 13.5. The molecule has 2 atom stereocenters. The van der Waals surface area contributed by atoms with Crippen molar-refractivity contribution in [3.05, 3.63) is 89.4 Å². The summed E-state index contributed by atoms with van der Waals surface area (Å²) in [5.74, 6) is -0.902. The Bertz CT molecular complexity index is 1220. The molecular weight excluding hydrogens is 433 g/mol. The number of aromatic nitrogens is 1. The summed E-state index contributed by atoms with van der Waals surface area (Å²) in [6.45, 7) is 0.364. The minimum atomic E-state index is -0.339. The Morgan fingerprint density at radius 2 is 1.76 bits per heavy atom. The van der Waals surface area contributed by atoms with Crippen molar-refractivity contribution in [2.45, 2.75) is 31.7 Å². The number of pyridine rings is 1. The topological polar surface area (TPSA) is 79.4 Å². The molecule has 5 rings (SSSR count). The predicted molar refractivity (Wildman–Crippen MR) is 125 cm³/mol. The Hall–Kier alpha value is -3.87. The van der Waals surface area contributed by atoms with Gasteiger partial charge in [0, 0.05) is 24.3 Å². The van der Waals surface area contributed by atoms with Gasteiger partial charge in [-0.05, 0) is 61.6 Å². The van der Waals surface area contributed by atoms with E-state index in [0.717, 1.165) is 19.3 Å². The number of hydrogen-bond donors (Lipinski definition) is 1. The van der Waals surface area contributed by atoms with Gasteiger partial charge in [0.15, 0.2) is 0 Å². The largest absolute Gasteiger partial charge is 0.349 e. The number of halogens is 1. The summed E-state index contributed by atoms with van der Waals surface area (Å²) >= 11 is 0. The average molecular weight is 458 g/mol. The van der Waals surface area contributed by atoms with Gasteiger partial charge in [0.25, 0.3) is 17.7 Å². The molecular formula is C27H24FN3O3. The molecule has 1 aliphatic heterocycles. The van der Waals surface area contributed by atoms with E-state index in [2.05, 4.69) is 10.3 Å². The number of nitrogens with zero attached hydrogens (tertiary/aromatic N) is 2. The van der Waals surface area contributed by atoms with Crippen LogP contribution in [0.5, 0.6) is 0 Å². The van der Waals surface area contributed by atoms with Crippen molar-refractivity contribution in [2.75, 3.05) is 6.54 Å². The van der Waals surface area contributed by atoms with E-state index in [1.807, 2.05) is 0 Å². The van der Waals surface area contributed by atoms with Crippen LogP contribution in [0.2, 0.25) is 0 Å². The first-order valence-electron chi connectivity index (χ1n) is 11.5. The molecule has 172 valence electrons. The molecule has 3 aromatic rings. The number of benzene rings is 2. The number of rotatable bonds is 5. The van der Waals surface area contributed by atoms with E-state index in [9.17, 15) is 18.8 Å². The van der Waals surface area contributed by atoms with Crippen LogP contribution < -0.4 is 5.32 Å². The minimum absolute atomic E-state index is 0.0377. The lowest BCUT2D eigenvalue weighted by Gasteiger charge is -2.31. The Kier molecular flexibility index (Phi) is 5.92. The van der Waals surface area contributed by atoms with Gasteiger partial charge >= 0.3 is 0 Å². The Labute approximate surface area is 196 Å². The van der Waals surface area contributed by atoms with Gasteiger partial charge in [-0.25, -0.2) is 4.39 Å². The van der Waals surface area contributed by atoms with Crippen molar-refractivity contribution in [1.82, 2.24) is 15.2 Å². The molecule has 1 aromatic heterocycles. The van der Waals surface area contributed by atoms with Gasteiger partial charge in [0.05, 0.1) is 22.4 Å². The zero-order chi connectivity index (χ0) is 23.7. The molecule has 2 heterocycles. The van der Waals surface area contributed by atoms with Crippen LogP contribution >= 0.6 is 0 Å². The van der Waals surface area contributed by atoms with Gasteiger partial charge in [-0.15, -0.1) is 0 Å². The van der Waals surface area contributed by atoms with Gasteiger partial charge < -0.3 is 5.32 Å². The van der Waals surface area contributed by atoms with Crippen LogP contribution in [0.3, 0.4) is 0 Å². The minimum Gasteiger partial charge on any atom is -0.349 e. The summed E-state index contributed by atoms with van der Waals surface area (Å²) in [5, 5.41) is 3.07. The van der Waals surface area contributed by atoms with Crippen molar-refractivity contribution >= 4 is 17.7 Å². The van der Waals surface area contributed by atoms with Crippen molar-refractivity contribution < 1.29 is 18.8 Å². The molecule has 7 heteroatoms. The summed E-state index contributed by atoms with van der Waals surface area (Å²) in [6.07, 6.45) is 4.86. The molecule has 3 amide bonds. The molecule has 1 N–H and O–H groups in total. The molecule has 0 saturated heterocycles. The summed E-state index contributed by atoms with van der Waals surface area (Å²) in [5.41, 5.74) is 2.59. The summed E-state index contributed by atoms with van der Waals surface area (Å²) in [6, 6.07) is 16.4. The molecule has 0 spiro atoms. The quantitative estimate of drug-likeness (QED) is 0.574. The highest BCUT2D eigenvalue weighted by atomic mass is 19.1. The number of amides is 3. The van der Waals surface area contributed by atoms with Crippen LogP contribution in [0.15, 0.2) is 66.9 Å². The van der Waals surface area contributed by atoms with Crippen molar-refractivity contribution in [2.24, 2.45) is 5.92 Å². The molecule has 2 unspecified atom stereocenters. The van der Waals surface area contributed by atoms with Gasteiger partial charge in [-0.1, -0.05) is 30.7 Å². The standard InChI is InChI=1S/C27H24FN3O3/c28-20-7-4-6-18(14-20)24-12-11-19(15-29-24)25(32)30-21-8-3-5-17(13-21)16-31-26(33)22-9-1-2-10-23(22)27(31)34/h1-2,4,6-7,9-12,14-15,17,21H,3,5,8,13,16H2,(H,30,32). The van der Waals surface area contributed by atoms with Crippen molar-refractivity contribution in [1.29, 1.82) is 0 Å². The zero-order valence-corrected chi connectivity index (χ0v) is 18.5. The summed E-state index contributed by atoms with van der Waals surface area (Å²) in [4.78, 5) is 43.8. The third-order valence-electron chi connectivity index (χ3n) is 6.58. The number of hydrogen-bond acceptors (Lipinski definition) is 4. The van der Waals surface area contributed by atoms with Crippen molar-refractivity contribution in [3.8, 4) is 11.3 Å². The first kappa shape index (κ1) is 21.9. The lowest BCUT2D eigenvalue weighted by molar-refractivity contribution is 0.0606. The van der Waals surface area contributed by atoms with Crippen LogP contribution in [0, 0.1) is 11.7 Å². The Morgan fingerprint density at radius 1 is 1.00 bits per heavy atom. The van der Waals surface area contributed by atoms with Crippen LogP contribution in [-0.2, 0) is 0 Å². The zero-order valence-electron chi connectivity index (χ0n) is 18.5. The normalized spacial score (nSPS) is 19.7. The van der Waals surface area contributed by atoms with Crippen molar-refractivity contribution in [3.63, 3.8) is 0 Å². The fourth-order valence-corrected chi connectivity index (χ4v) is 4.87. The SMILES string of the molecule is O=C(NC1CCCC(CN2C(=O)c3ccccc3C2=O)C1)c1ccc(-c2cccc(F)c2)nc1. The van der Waals surface area contributed by atoms with E-state index >= 15 is 0 Å². The Morgan fingerprint density at radius 3 is 2.44 bits per heavy atom. The van der Waals surface area contributed by atoms with Gasteiger partial charge in [0.1, 0.15) is 5.82 Å². The van der Waals surface area contributed by atoms with Gasteiger partial charge in [0.2, 0.25) is 0 Å². The second-order valence-corrected chi connectivity index (χ2v) is 8.91. The number of imide groups is 1. The third-order valence-corrected chi connectivity index (χ3v) is 6.58. The number of fused-ring (bicyclic) bond motifs is 1. The first-order valence-corrected chi connectivity index (χ1v) is 11.5. The molecule has 0 radical (unpaired) electrons. The van der Waals surface area contributed by atoms with Gasteiger partial charge in [-0.2, -0.15) is 0 Å². The lowest BCUT2D eigenvalue weighted by Crippen LogP contribution is -2.42. The van der Waals surface area contributed by atoms with E-state index in [0.29, 0.717) is 40.9 Å². The third kappa shape index (κ3) is 4.33. The molecule has 34 heavy (non-hydrogen) atoms. The van der Waals surface area contributed by atoms with E-state index < -0.39 is 0 Å². The molecule has 1 saturated carbocycles. The monoisotopic (exact) mass is 457 g/mol. The fraction of sp³-hybridized carbons (Fsp3) is 0.259. The summed E-state index contributed by atoms with van der Waals surface area (Å²) < 4.78 is 13.5. The molecule has 2 aromatic carbocycles. The molecule has 1 aliphatic carbocycles. The van der Waals surface area contributed by atoms with E-state index in [-0.39, 0.29) is 35.5 Å². The van der Waals surface area contributed by atoms with Gasteiger partial charge in [-0.3, -0.25) is 24.3 Å². The average Bonchev–Trinajstić information content (AvgIpc) is 3.09. The number of nitrogens with one attached hydrogen (secondary N) is 1. The predicted octanol–water partition coefficient (Wildman–Crippen LogP) is 4.47. The number of carbonyl (C=O) groups excluding carboxylic acids is 3.